The first-order valence-electron chi connectivity index (χ1n) is 7.97. The van der Waals surface area contributed by atoms with Crippen LogP contribution in [0.15, 0.2) is 5.16 Å². The molecule has 2 rings (SSSR count). The zero-order valence-corrected chi connectivity index (χ0v) is 14.8. The summed E-state index contributed by atoms with van der Waals surface area (Å²) in [6, 6.07) is 0. The van der Waals surface area contributed by atoms with Crippen molar-refractivity contribution in [1.82, 2.24) is 25.4 Å². The highest BCUT2D eigenvalue weighted by molar-refractivity contribution is 7.99. The molecule has 0 bridgehead atoms. The third kappa shape index (κ3) is 4.46. The van der Waals surface area contributed by atoms with Crippen molar-refractivity contribution in [3.63, 3.8) is 0 Å². The van der Waals surface area contributed by atoms with Crippen LogP contribution in [0.3, 0.4) is 0 Å². The Hall–Kier alpha value is -1.08. The molecule has 1 fully saturated rings. The lowest BCUT2D eigenvalue weighted by Gasteiger charge is -2.24. The van der Waals surface area contributed by atoms with Gasteiger partial charge in [-0.15, -0.1) is 10.2 Å². The Balaban J connectivity index is 1.91. The van der Waals surface area contributed by atoms with Crippen molar-refractivity contribution < 1.29 is 4.79 Å². The Morgan fingerprint density at radius 1 is 1.50 bits per heavy atom. The van der Waals surface area contributed by atoms with Crippen LogP contribution in [0.4, 0.5) is 0 Å². The van der Waals surface area contributed by atoms with Crippen LogP contribution in [-0.4, -0.2) is 45.1 Å². The minimum absolute atomic E-state index is 0.0423. The van der Waals surface area contributed by atoms with E-state index in [4.69, 9.17) is 0 Å². The first kappa shape index (κ1) is 17.3. The highest BCUT2D eigenvalue weighted by Gasteiger charge is 2.23. The largest absolute Gasteiger partial charge is 0.351 e. The molecule has 7 heteroatoms. The van der Waals surface area contributed by atoms with Gasteiger partial charge in [-0.3, -0.25) is 4.79 Å². The highest BCUT2D eigenvalue weighted by atomic mass is 32.2. The van der Waals surface area contributed by atoms with Gasteiger partial charge in [-0.05, 0) is 39.7 Å². The van der Waals surface area contributed by atoms with Crippen molar-refractivity contribution in [3.05, 3.63) is 5.82 Å². The molecule has 0 unspecified atom stereocenters. The molecule has 1 aromatic rings. The molecule has 2 heterocycles. The number of nitrogens with one attached hydrogen (secondary N) is 2. The van der Waals surface area contributed by atoms with Crippen molar-refractivity contribution in [1.29, 1.82) is 0 Å². The van der Waals surface area contributed by atoms with Gasteiger partial charge in [-0.2, -0.15) is 0 Å². The minimum atomic E-state index is -0.156. The maximum atomic E-state index is 12.0. The van der Waals surface area contributed by atoms with E-state index in [1.807, 2.05) is 25.5 Å². The summed E-state index contributed by atoms with van der Waals surface area (Å²) in [5, 5.41) is 15.8. The van der Waals surface area contributed by atoms with Crippen molar-refractivity contribution in [2.45, 2.75) is 56.6 Å². The molecule has 1 aliphatic heterocycles. The average Bonchev–Trinajstić information content (AvgIpc) is 2.87. The van der Waals surface area contributed by atoms with Gasteiger partial charge in [0.15, 0.2) is 5.16 Å². The van der Waals surface area contributed by atoms with E-state index in [1.54, 1.807) is 0 Å². The Kier molecular flexibility index (Phi) is 5.86. The molecule has 2 N–H and O–H groups in total. The predicted molar refractivity (Wildman–Crippen MR) is 89.1 cm³/mol. The molecule has 0 aliphatic carbocycles. The number of aromatic nitrogens is 3. The number of carbonyl (C=O) groups is 1. The van der Waals surface area contributed by atoms with Crippen LogP contribution in [0, 0.1) is 0 Å². The van der Waals surface area contributed by atoms with Crippen molar-refractivity contribution in [2.75, 3.05) is 18.8 Å². The number of thioether (sulfide) groups is 1. The third-order valence-electron chi connectivity index (χ3n) is 4.22. The Bertz CT molecular complexity index is 508. The lowest BCUT2D eigenvalue weighted by Crippen LogP contribution is -2.43. The molecular weight excluding hydrogens is 298 g/mol. The van der Waals surface area contributed by atoms with Gasteiger partial charge in [0.25, 0.3) is 0 Å². The van der Waals surface area contributed by atoms with Crippen LogP contribution in [0.5, 0.6) is 0 Å². The van der Waals surface area contributed by atoms with Crippen LogP contribution in [0.25, 0.3) is 0 Å². The van der Waals surface area contributed by atoms with Crippen molar-refractivity contribution in [2.24, 2.45) is 7.05 Å². The smallest absolute Gasteiger partial charge is 0.230 e. The molecular formula is C15H27N5OS. The maximum Gasteiger partial charge on any atom is 0.230 e. The predicted octanol–water partition coefficient (Wildman–Crippen LogP) is 1.68. The van der Waals surface area contributed by atoms with Crippen LogP contribution >= 0.6 is 11.8 Å². The quantitative estimate of drug-likeness (QED) is 0.779. The van der Waals surface area contributed by atoms with E-state index in [0.29, 0.717) is 11.7 Å². The number of rotatable bonds is 6. The maximum absolute atomic E-state index is 12.0. The summed E-state index contributed by atoms with van der Waals surface area (Å²) in [6.07, 6.45) is 3.23. The zero-order valence-electron chi connectivity index (χ0n) is 14.0. The summed E-state index contributed by atoms with van der Waals surface area (Å²) < 4.78 is 2.03. The minimum Gasteiger partial charge on any atom is -0.351 e. The lowest BCUT2D eigenvalue weighted by molar-refractivity contribution is -0.120. The molecule has 0 spiro atoms. The summed E-state index contributed by atoms with van der Waals surface area (Å²) in [6.45, 7) is 8.18. The molecule has 0 radical (unpaired) electrons. The fourth-order valence-corrected chi connectivity index (χ4v) is 3.23. The number of hydrogen-bond acceptors (Lipinski definition) is 5. The van der Waals surface area contributed by atoms with E-state index >= 15 is 0 Å². The summed E-state index contributed by atoms with van der Waals surface area (Å²) >= 11 is 1.45. The van der Waals surface area contributed by atoms with E-state index in [2.05, 4.69) is 27.8 Å². The molecule has 0 saturated carbocycles. The zero-order chi connectivity index (χ0) is 16.2. The van der Waals surface area contributed by atoms with Crippen LogP contribution in [-0.2, 0) is 11.8 Å². The molecule has 1 aromatic heterocycles. The average molecular weight is 325 g/mol. The number of amides is 1. The number of carbonyl (C=O) groups excluding carboxylic acids is 1. The van der Waals surface area contributed by atoms with Gasteiger partial charge in [-0.1, -0.05) is 18.7 Å². The number of nitrogens with zero attached hydrogens (tertiary/aromatic N) is 3. The van der Waals surface area contributed by atoms with Crippen LogP contribution < -0.4 is 10.6 Å². The molecule has 1 amide bonds. The van der Waals surface area contributed by atoms with Crippen molar-refractivity contribution in [3.8, 4) is 0 Å². The van der Waals surface area contributed by atoms with Crippen LogP contribution in [0.2, 0.25) is 0 Å². The van der Waals surface area contributed by atoms with E-state index in [1.165, 1.54) is 18.2 Å². The molecule has 22 heavy (non-hydrogen) atoms. The summed E-state index contributed by atoms with van der Waals surface area (Å²) in [7, 11) is 1.99. The molecule has 6 nitrogen and oxygen atoms in total. The molecule has 1 aliphatic rings. The van der Waals surface area contributed by atoms with Crippen LogP contribution in [0.1, 0.15) is 51.8 Å². The monoisotopic (exact) mass is 325 g/mol. The summed E-state index contributed by atoms with van der Waals surface area (Å²) in [4.78, 5) is 12.0. The number of piperidine rings is 1. The molecule has 124 valence electrons. The molecule has 1 saturated heterocycles. The van der Waals surface area contributed by atoms with Crippen molar-refractivity contribution >= 4 is 17.7 Å². The lowest BCUT2D eigenvalue weighted by atomic mass is 9.99. The van der Waals surface area contributed by atoms with Gasteiger partial charge >= 0.3 is 0 Å². The summed E-state index contributed by atoms with van der Waals surface area (Å²) in [5.74, 6) is 1.86. The topological polar surface area (TPSA) is 71.8 Å². The Morgan fingerprint density at radius 2 is 2.27 bits per heavy atom. The fourth-order valence-electron chi connectivity index (χ4n) is 2.51. The first-order chi connectivity index (χ1) is 10.4. The number of hydrogen-bond donors (Lipinski definition) is 2. The Morgan fingerprint density at radius 3 is 2.91 bits per heavy atom. The van der Waals surface area contributed by atoms with E-state index in [0.717, 1.165) is 36.9 Å². The van der Waals surface area contributed by atoms with E-state index in [-0.39, 0.29) is 11.4 Å². The first-order valence-corrected chi connectivity index (χ1v) is 8.95. The normalized spacial score (nSPS) is 19.2. The van der Waals surface area contributed by atoms with E-state index in [9.17, 15) is 4.79 Å². The molecule has 0 aromatic carbocycles. The van der Waals surface area contributed by atoms with Gasteiger partial charge in [0.2, 0.25) is 5.91 Å². The third-order valence-corrected chi connectivity index (χ3v) is 5.24. The Labute approximate surface area is 136 Å². The van der Waals surface area contributed by atoms with Gasteiger partial charge < -0.3 is 15.2 Å². The second-order valence-electron chi connectivity index (χ2n) is 6.52. The SMILES string of the molecule is CCC(C)(C)NC(=O)CSc1nnc([C@H]2CCCNC2)n1C. The summed E-state index contributed by atoms with van der Waals surface area (Å²) in [5.41, 5.74) is -0.156. The second kappa shape index (κ2) is 7.46. The highest BCUT2D eigenvalue weighted by Crippen LogP contribution is 2.24. The van der Waals surface area contributed by atoms with Gasteiger partial charge in [-0.25, -0.2) is 0 Å². The van der Waals surface area contributed by atoms with Gasteiger partial charge in [0.1, 0.15) is 5.82 Å². The fraction of sp³-hybridized carbons (Fsp3) is 0.800. The molecule has 1 atom stereocenters. The van der Waals surface area contributed by atoms with Gasteiger partial charge in [0, 0.05) is 25.0 Å². The standard InChI is InChI=1S/C15H27N5OS/c1-5-15(2,3)17-12(21)10-22-14-19-18-13(20(14)4)11-7-6-8-16-9-11/h11,16H,5-10H2,1-4H3,(H,17,21)/t11-/m0/s1. The van der Waals surface area contributed by atoms with Gasteiger partial charge in [0.05, 0.1) is 5.75 Å². The van der Waals surface area contributed by atoms with E-state index < -0.39 is 0 Å². The second-order valence-corrected chi connectivity index (χ2v) is 7.46.